The molecule has 2 rings (SSSR count). The summed E-state index contributed by atoms with van der Waals surface area (Å²) in [6.45, 7) is 5.45. The second-order valence-electron chi connectivity index (χ2n) is 5.87. The van der Waals surface area contributed by atoms with Gasteiger partial charge in [-0.1, -0.05) is 0 Å². The number of ether oxygens (including phenoxy) is 1. The standard InChI is InChI=1S/C12H19NO4/c1-12(2,3)17-11(16)13-7-4-5-9(13)8(6-7)10(14)15/h7-9H,4-6H2,1-3H3,(H,14,15)/t7?,8-,9?/m1/s1. The Labute approximate surface area is 101 Å². The highest BCUT2D eigenvalue weighted by Crippen LogP contribution is 2.42. The summed E-state index contributed by atoms with van der Waals surface area (Å²) in [5.41, 5.74) is -0.530. The lowest BCUT2D eigenvalue weighted by molar-refractivity contribution is -0.142. The summed E-state index contributed by atoms with van der Waals surface area (Å²) in [6.07, 6.45) is 1.88. The van der Waals surface area contributed by atoms with E-state index in [1.54, 1.807) is 4.90 Å². The van der Waals surface area contributed by atoms with E-state index in [0.29, 0.717) is 6.42 Å². The number of carbonyl (C=O) groups excluding carboxylic acids is 1. The lowest BCUT2D eigenvalue weighted by Gasteiger charge is -2.27. The van der Waals surface area contributed by atoms with E-state index in [2.05, 4.69) is 0 Å². The lowest BCUT2D eigenvalue weighted by Crippen LogP contribution is -2.41. The fourth-order valence-corrected chi connectivity index (χ4v) is 2.85. The number of hydrogen-bond donors (Lipinski definition) is 1. The monoisotopic (exact) mass is 241 g/mol. The molecule has 2 aliphatic heterocycles. The van der Waals surface area contributed by atoms with E-state index < -0.39 is 17.5 Å². The Morgan fingerprint density at radius 3 is 2.41 bits per heavy atom. The molecule has 96 valence electrons. The van der Waals surface area contributed by atoms with Crippen molar-refractivity contribution in [2.24, 2.45) is 5.92 Å². The van der Waals surface area contributed by atoms with Gasteiger partial charge in [0, 0.05) is 12.1 Å². The predicted octanol–water partition coefficient (Wildman–Crippen LogP) is 1.86. The van der Waals surface area contributed by atoms with Gasteiger partial charge in [0.2, 0.25) is 0 Å². The maximum absolute atomic E-state index is 12.0. The highest BCUT2D eigenvalue weighted by molar-refractivity contribution is 5.76. The SMILES string of the molecule is CC(C)(C)OC(=O)N1C2CCC1[C@H](C(=O)O)C2. The molecule has 2 bridgehead atoms. The fraction of sp³-hybridized carbons (Fsp3) is 0.833. The van der Waals surface area contributed by atoms with Crippen LogP contribution in [0, 0.1) is 5.92 Å². The van der Waals surface area contributed by atoms with Crippen molar-refractivity contribution in [2.45, 2.75) is 57.7 Å². The first-order valence-corrected chi connectivity index (χ1v) is 6.04. The van der Waals surface area contributed by atoms with E-state index in [-0.39, 0.29) is 18.2 Å². The molecule has 0 spiro atoms. The average molecular weight is 241 g/mol. The molecule has 0 aromatic heterocycles. The topological polar surface area (TPSA) is 66.8 Å². The first kappa shape index (κ1) is 12.2. The van der Waals surface area contributed by atoms with E-state index in [4.69, 9.17) is 9.84 Å². The van der Waals surface area contributed by atoms with Crippen molar-refractivity contribution in [1.82, 2.24) is 4.90 Å². The number of nitrogens with zero attached hydrogens (tertiary/aromatic N) is 1. The minimum atomic E-state index is -0.800. The van der Waals surface area contributed by atoms with Crippen LogP contribution in [0.1, 0.15) is 40.0 Å². The van der Waals surface area contributed by atoms with Gasteiger partial charge < -0.3 is 14.7 Å². The van der Waals surface area contributed by atoms with Gasteiger partial charge in [-0.25, -0.2) is 4.79 Å². The summed E-state index contributed by atoms with van der Waals surface area (Å²) >= 11 is 0. The van der Waals surface area contributed by atoms with Crippen LogP contribution in [0.5, 0.6) is 0 Å². The highest BCUT2D eigenvalue weighted by atomic mass is 16.6. The number of carboxylic acid groups (broad SMARTS) is 1. The van der Waals surface area contributed by atoms with Crippen molar-refractivity contribution >= 4 is 12.1 Å². The summed E-state index contributed by atoms with van der Waals surface area (Å²) in [5, 5.41) is 9.09. The third-order valence-electron chi connectivity index (χ3n) is 3.46. The Bertz CT molecular complexity index is 347. The third kappa shape index (κ3) is 2.23. The zero-order valence-electron chi connectivity index (χ0n) is 10.5. The van der Waals surface area contributed by atoms with Crippen molar-refractivity contribution in [3.63, 3.8) is 0 Å². The van der Waals surface area contributed by atoms with Gasteiger partial charge in [0.05, 0.1) is 5.92 Å². The van der Waals surface area contributed by atoms with Crippen molar-refractivity contribution < 1.29 is 19.4 Å². The molecule has 0 radical (unpaired) electrons. The molecular weight excluding hydrogens is 222 g/mol. The van der Waals surface area contributed by atoms with Crippen LogP contribution in [0.15, 0.2) is 0 Å². The van der Waals surface area contributed by atoms with Crippen LogP contribution < -0.4 is 0 Å². The average Bonchev–Trinajstić information content (AvgIpc) is 2.70. The molecule has 0 aromatic carbocycles. The van der Waals surface area contributed by atoms with Crippen LogP contribution in [0.25, 0.3) is 0 Å². The van der Waals surface area contributed by atoms with Crippen LogP contribution in [0.2, 0.25) is 0 Å². The largest absolute Gasteiger partial charge is 0.481 e. The number of aliphatic carboxylic acids is 1. The molecule has 2 fully saturated rings. The Morgan fingerprint density at radius 1 is 1.29 bits per heavy atom. The van der Waals surface area contributed by atoms with E-state index in [1.165, 1.54) is 0 Å². The van der Waals surface area contributed by atoms with Gasteiger partial charge >= 0.3 is 12.1 Å². The summed E-state index contributed by atoms with van der Waals surface area (Å²) in [7, 11) is 0. The first-order chi connectivity index (χ1) is 7.79. The van der Waals surface area contributed by atoms with Crippen LogP contribution in [0.3, 0.4) is 0 Å². The first-order valence-electron chi connectivity index (χ1n) is 6.04. The lowest BCUT2D eigenvalue weighted by atomic mass is 9.89. The van der Waals surface area contributed by atoms with Gasteiger partial charge in [0.1, 0.15) is 5.60 Å². The molecule has 1 N–H and O–H groups in total. The molecule has 0 aliphatic carbocycles. The molecule has 5 heteroatoms. The van der Waals surface area contributed by atoms with Gasteiger partial charge in [0.15, 0.2) is 0 Å². The van der Waals surface area contributed by atoms with E-state index in [9.17, 15) is 9.59 Å². The summed E-state index contributed by atoms with van der Waals surface area (Å²) in [6, 6.07) is -0.122. The maximum atomic E-state index is 12.0. The van der Waals surface area contributed by atoms with Gasteiger partial charge in [-0.3, -0.25) is 4.79 Å². The predicted molar refractivity (Wildman–Crippen MR) is 60.6 cm³/mol. The number of rotatable bonds is 1. The van der Waals surface area contributed by atoms with Gasteiger partial charge in [0.25, 0.3) is 0 Å². The zero-order valence-corrected chi connectivity index (χ0v) is 10.5. The van der Waals surface area contributed by atoms with Gasteiger partial charge in [-0.2, -0.15) is 0 Å². The Morgan fingerprint density at radius 2 is 1.94 bits per heavy atom. The maximum Gasteiger partial charge on any atom is 0.410 e. The molecule has 0 saturated carbocycles. The second-order valence-corrected chi connectivity index (χ2v) is 5.87. The quantitative estimate of drug-likeness (QED) is 0.761. The molecule has 0 aromatic rings. The molecule has 3 atom stereocenters. The van der Waals surface area contributed by atoms with Crippen LogP contribution in [-0.4, -0.2) is 39.8 Å². The van der Waals surface area contributed by atoms with Gasteiger partial charge in [-0.15, -0.1) is 0 Å². The molecule has 17 heavy (non-hydrogen) atoms. The summed E-state index contributed by atoms with van der Waals surface area (Å²) in [4.78, 5) is 24.7. The van der Waals surface area contributed by atoms with E-state index >= 15 is 0 Å². The molecule has 2 aliphatic rings. The zero-order chi connectivity index (χ0) is 12.8. The molecule has 2 heterocycles. The number of carboxylic acids is 1. The van der Waals surface area contributed by atoms with Crippen molar-refractivity contribution in [2.75, 3.05) is 0 Å². The minimum Gasteiger partial charge on any atom is -0.481 e. The van der Waals surface area contributed by atoms with Crippen LogP contribution in [-0.2, 0) is 9.53 Å². The van der Waals surface area contributed by atoms with E-state index in [0.717, 1.165) is 12.8 Å². The Balaban J connectivity index is 2.08. The highest BCUT2D eigenvalue weighted by Gasteiger charge is 2.52. The molecule has 2 unspecified atom stereocenters. The van der Waals surface area contributed by atoms with Crippen LogP contribution in [0.4, 0.5) is 4.79 Å². The normalized spacial score (nSPS) is 31.7. The van der Waals surface area contributed by atoms with Crippen LogP contribution >= 0.6 is 0 Å². The molecule has 2 saturated heterocycles. The number of hydrogen-bond acceptors (Lipinski definition) is 3. The second kappa shape index (κ2) is 3.89. The summed E-state index contributed by atoms with van der Waals surface area (Å²) < 4.78 is 5.32. The third-order valence-corrected chi connectivity index (χ3v) is 3.46. The van der Waals surface area contributed by atoms with Gasteiger partial charge in [-0.05, 0) is 40.0 Å². The Hall–Kier alpha value is -1.26. The number of amides is 1. The van der Waals surface area contributed by atoms with Crippen molar-refractivity contribution in [3.05, 3.63) is 0 Å². The fourth-order valence-electron chi connectivity index (χ4n) is 2.85. The van der Waals surface area contributed by atoms with Crippen molar-refractivity contribution in [1.29, 1.82) is 0 Å². The molecule has 1 amide bonds. The number of carbonyl (C=O) groups is 2. The summed E-state index contributed by atoms with van der Waals surface area (Å²) in [5.74, 6) is -1.22. The molecule has 5 nitrogen and oxygen atoms in total. The molecular formula is C12H19NO4. The number of fused-ring (bicyclic) bond motifs is 2. The van der Waals surface area contributed by atoms with E-state index in [1.807, 2.05) is 20.8 Å². The minimum absolute atomic E-state index is 0.0518. The van der Waals surface area contributed by atoms with Crippen molar-refractivity contribution in [3.8, 4) is 0 Å². The smallest absolute Gasteiger partial charge is 0.410 e. The Kier molecular flexibility index (Phi) is 2.79.